The van der Waals surface area contributed by atoms with Crippen molar-refractivity contribution < 1.29 is 13.2 Å². The summed E-state index contributed by atoms with van der Waals surface area (Å²) in [6.07, 6.45) is 2.29. The molecule has 24 heavy (non-hydrogen) atoms. The van der Waals surface area contributed by atoms with Gasteiger partial charge in [-0.2, -0.15) is 0 Å². The van der Waals surface area contributed by atoms with Gasteiger partial charge in [-0.1, -0.05) is 20.8 Å². The molecule has 1 amide bonds. The van der Waals surface area contributed by atoms with Crippen LogP contribution in [0.1, 0.15) is 47.0 Å². The van der Waals surface area contributed by atoms with Gasteiger partial charge in [0.2, 0.25) is 5.91 Å². The molecule has 140 valence electrons. The van der Waals surface area contributed by atoms with E-state index < -0.39 is 9.84 Å². The Hall–Kier alpha value is -0.660. The number of rotatable bonds is 5. The largest absolute Gasteiger partial charge is 0.337 e. The van der Waals surface area contributed by atoms with Crippen molar-refractivity contribution in [2.75, 3.05) is 31.1 Å². The molecule has 0 aromatic carbocycles. The number of carbonyl (C=O) groups is 1. The average Bonchev–Trinajstić information content (AvgIpc) is 2.86. The smallest absolute Gasteiger partial charge is 0.239 e. The van der Waals surface area contributed by atoms with E-state index in [1.165, 1.54) is 0 Å². The van der Waals surface area contributed by atoms with Gasteiger partial charge in [0.15, 0.2) is 9.84 Å². The maximum Gasteiger partial charge on any atom is 0.239 e. The molecule has 2 N–H and O–H groups in total. The molecule has 3 atom stereocenters. The summed E-state index contributed by atoms with van der Waals surface area (Å²) < 4.78 is 23.6. The van der Waals surface area contributed by atoms with Gasteiger partial charge >= 0.3 is 0 Å². The van der Waals surface area contributed by atoms with Crippen molar-refractivity contribution in [3.05, 3.63) is 0 Å². The fraction of sp³-hybridized carbons (Fsp3) is 0.941. The molecule has 0 saturated carbocycles. The van der Waals surface area contributed by atoms with Gasteiger partial charge < -0.3 is 10.6 Å². The number of nitrogens with two attached hydrogens (primary N) is 1. The van der Waals surface area contributed by atoms with Gasteiger partial charge in [-0.3, -0.25) is 9.69 Å². The molecule has 0 aromatic heterocycles. The van der Waals surface area contributed by atoms with Crippen LogP contribution in [0.25, 0.3) is 0 Å². The summed E-state index contributed by atoms with van der Waals surface area (Å²) in [7, 11) is -2.99. The average molecular weight is 360 g/mol. The van der Waals surface area contributed by atoms with Crippen molar-refractivity contribution in [1.82, 2.24) is 9.80 Å². The molecule has 2 heterocycles. The van der Waals surface area contributed by atoms with E-state index in [2.05, 4.69) is 18.7 Å². The minimum atomic E-state index is -2.99. The van der Waals surface area contributed by atoms with Gasteiger partial charge in [-0.15, -0.1) is 0 Å². The normalized spacial score (nSPS) is 30.9. The van der Waals surface area contributed by atoms with E-state index in [4.69, 9.17) is 5.73 Å². The van der Waals surface area contributed by atoms with Crippen molar-refractivity contribution in [1.29, 1.82) is 0 Å². The Morgan fingerprint density at radius 2 is 2.04 bits per heavy atom. The fourth-order valence-electron chi connectivity index (χ4n) is 3.88. The molecule has 2 fully saturated rings. The third-order valence-corrected chi connectivity index (χ3v) is 7.39. The quantitative estimate of drug-likeness (QED) is 0.787. The number of hydrogen-bond acceptors (Lipinski definition) is 5. The number of carbonyl (C=O) groups excluding carboxylic acids is 1. The highest BCUT2D eigenvalue weighted by Gasteiger charge is 2.40. The van der Waals surface area contributed by atoms with Crippen LogP contribution in [0.3, 0.4) is 0 Å². The lowest BCUT2D eigenvalue weighted by atomic mass is 9.79. The van der Waals surface area contributed by atoms with E-state index >= 15 is 0 Å². The lowest BCUT2D eigenvalue weighted by molar-refractivity contribution is -0.139. The first kappa shape index (κ1) is 19.7. The Bertz CT molecular complexity index is 561. The fourth-order valence-corrected chi connectivity index (χ4v) is 5.61. The first-order valence-corrected chi connectivity index (χ1v) is 10.9. The molecule has 0 aromatic rings. The van der Waals surface area contributed by atoms with E-state index in [9.17, 15) is 13.2 Å². The zero-order chi connectivity index (χ0) is 18.1. The van der Waals surface area contributed by atoms with Gasteiger partial charge in [0.1, 0.15) is 0 Å². The molecule has 0 spiro atoms. The van der Waals surface area contributed by atoms with Crippen LogP contribution < -0.4 is 5.73 Å². The molecular weight excluding hydrogens is 326 g/mol. The second-order valence-corrected chi connectivity index (χ2v) is 10.3. The van der Waals surface area contributed by atoms with E-state index in [1.807, 2.05) is 18.7 Å². The maximum atomic E-state index is 13.1. The molecule has 2 aliphatic rings. The van der Waals surface area contributed by atoms with Crippen molar-refractivity contribution in [3.8, 4) is 0 Å². The summed E-state index contributed by atoms with van der Waals surface area (Å²) >= 11 is 0. The maximum absolute atomic E-state index is 13.1. The highest BCUT2D eigenvalue weighted by atomic mass is 32.2. The summed E-state index contributed by atoms with van der Waals surface area (Å²) in [5.41, 5.74) is 6.18. The lowest BCUT2D eigenvalue weighted by Crippen LogP contribution is -2.58. The predicted octanol–water partition coefficient (Wildman–Crippen LogP) is 0.860. The summed E-state index contributed by atoms with van der Waals surface area (Å²) in [6, 6.07) is -0.237. The van der Waals surface area contributed by atoms with Crippen LogP contribution in [-0.2, 0) is 14.6 Å². The van der Waals surface area contributed by atoms with Gasteiger partial charge in [0.25, 0.3) is 0 Å². The van der Waals surface area contributed by atoms with Crippen LogP contribution in [0.5, 0.6) is 0 Å². The minimum absolute atomic E-state index is 0.0148. The minimum Gasteiger partial charge on any atom is -0.337 e. The van der Waals surface area contributed by atoms with E-state index in [-0.39, 0.29) is 41.0 Å². The summed E-state index contributed by atoms with van der Waals surface area (Å²) in [5.74, 6) is 0.373. The Morgan fingerprint density at radius 1 is 1.38 bits per heavy atom. The third-order valence-electron chi connectivity index (χ3n) is 5.64. The van der Waals surface area contributed by atoms with E-state index in [1.54, 1.807) is 0 Å². The molecular formula is C17H33N3O3S. The molecule has 0 radical (unpaired) electrons. The molecule has 2 aliphatic heterocycles. The lowest BCUT2D eigenvalue weighted by Gasteiger charge is -2.45. The second-order valence-electron chi connectivity index (χ2n) is 8.12. The zero-order valence-corrected chi connectivity index (χ0v) is 16.3. The molecule has 0 aliphatic carbocycles. The van der Waals surface area contributed by atoms with Gasteiger partial charge in [-0.25, -0.2) is 8.42 Å². The molecule has 2 rings (SSSR count). The Morgan fingerprint density at radius 3 is 2.54 bits per heavy atom. The number of likely N-dealkylation sites (tertiary alicyclic amines) is 1. The topological polar surface area (TPSA) is 83.7 Å². The molecule has 6 nitrogen and oxygen atoms in total. The summed E-state index contributed by atoms with van der Waals surface area (Å²) in [6.45, 7) is 10.5. The number of nitrogens with zero attached hydrogens (tertiary/aromatic N) is 2. The van der Waals surface area contributed by atoms with Crippen LogP contribution in [0, 0.1) is 5.41 Å². The van der Waals surface area contributed by atoms with Gasteiger partial charge in [0, 0.05) is 31.7 Å². The number of amides is 1. The Labute approximate surface area is 146 Å². The number of hydrogen-bond donors (Lipinski definition) is 1. The second kappa shape index (κ2) is 7.30. The number of piperidine rings is 1. The zero-order valence-electron chi connectivity index (χ0n) is 15.5. The molecule has 0 bridgehead atoms. The van der Waals surface area contributed by atoms with Crippen LogP contribution in [-0.4, -0.2) is 73.4 Å². The van der Waals surface area contributed by atoms with E-state index in [0.29, 0.717) is 13.0 Å². The highest BCUT2D eigenvalue weighted by Crippen LogP contribution is 2.29. The SMILES string of the molecule is CCCN(C(=O)C(C)N1CCC(N)C(C)(C)C1)C1CCS(=O)(=O)C1. The number of sulfone groups is 1. The predicted molar refractivity (Wildman–Crippen MR) is 96.5 cm³/mol. The van der Waals surface area contributed by atoms with Crippen molar-refractivity contribution in [2.45, 2.75) is 65.1 Å². The first-order chi connectivity index (χ1) is 11.1. The van der Waals surface area contributed by atoms with Crippen LogP contribution in [0.2, 0.25) is 0 Å². The molecule has 3 unspecified atom stereocenters. The van der Waals surface area contributed by atoms with Crippen LogP contribution in [0.15, 0.2) is 0 Å². The van der Waals surface area contributed by atoms with E-state index in [0.717, 1.165) is 25.9 Å². The van der Waals surface area contributed by atoms with Crippen LogP contribution >= 0.6 is 0 Å². The molecule has 7 heteroatoms. The third kappa shape index (κ3) is 4.29. The first-order valence-electron chi connectivity index (χ1n) is 9.08. The summed E-state index contributed by atoms with van der Waals surface area (Å²) in [4.78, 5) is 17.1. The summed E-state index contributed by atoms with van der Waals surface area (Å²) in [5, 5.41) is 0. The standard InChI is InChI=1S/C17H33N3O3S/c1-5-8-20(14-7-10-24(22,23)11-14)16(21)13(2)19-9-6-15(18)17(3,4)12-19/h13-15H,5-12,18H2,1-4H3. The Balaban J connectivity index is 2.09. The van der Waals surface area contributed by atoms with Gasteiger partial charge in [0.05, 0.1) is 17.5 Å². The monoisotopic (exact) mass is 359 g/mol. The van der Waals surface area contributed by atoms with Crippen molar-refractivity contribution in [3.63, 3.8) is 0 Å². The van der Waals surface area contributed by atoms with Crippen molar-refractivity contribution in [2.24, 2.45) is 11.1 Å². The van der Waals surface area contributed by atoms with Crippen LogP contribution in [0.4, 0.5) is 0 Å². The highest BCUT2D eigenvalue weighted by molar-refractivity contribution is 7.91. The van der Waals surface area contributed by atoms with Gasteiger partial charge in [-0.05, 0) is 31.6 Å². The van der Waals surface area contributed by atoms with Crippen molar-refractivity contribution >= 4 is 15.7 Å². The Kier molecular flexibility index (Phi) is 5.98. The molecule has 2 saturated heterocycles.